The zero-order valence-corrected chi connectivity index (χ0v) is 18.6. The quantitative estimate of drug-likeness (QED) is 0.553. The molecule has 2 fully saturated rings. The molecule has 0 unspecified atom stereocenters. The van der Waals surface area contributed by atoms with Crippen molar-refractivity contribution in [2.24, 2.45) is 0 Å². The maximum absolute atomic E-state index is 13.1. The Morgan fingerprint density at radius 1 is 0.667 bits per heavy atom. The van der Waals surface area contributed by atoms with Crippen LogP contribution in [-0.2, 0) is 0 Å². The van der Waals surface area contributed by atoms with E-state index in [4.69, 9.17) is 20.4 Å². The van der Waals surface area contributed by atoms with Crippen LogP contribution < -0.4 is 4.74 Å². The standard InChI is InChI=1S/C13H14FNO.C7H3F2N.C6H12O/c14-11-6-10(9-15)7-13(8-11)16-12-4-2-1-3-5-12;8-6-1-5(4-10)2-7(9)3-6;7-6-4-2-1-3-5-6/h6-8,12H,1-5H2;1-3H;6-7H,1-5H2. The van der Waals surface area contributed by atoms with Crippen LogP contribution in [0.25, 0.3) is 0 Å². The van der Waals surface area contributed by atoms with E-state index in [-0.39, 0.29) is 17.8 Å². The van der Waals surface area contributed by atoms with Gasteiger partial charge in [0.15, 0.2) is 0 Å². The maximum Gasteiger partial charge on any atom is 0.128 e. The molecular formula is C26H29F3N2O2. The lowest BCUT2D eigenvalue weighted by atomic mass is 9.98. The van der Waals surface area contributed by atoms with Crippen LogP contribution in [-0.4, -0.2) is 17.3 Å². The van der Waals surface area contributed by atoms with Gasteiger partial charge in [0, 0.05) is 12.1 Å². The van der Waals surface area contributed by atoms with Crippen LogP contribution >= 0.6 is 0 Å². The van der Waals surface area contributed by atoms with Gasteiger partial charge >= 0.3 is 0 Å². The molecule has 2 aromatic rings. The van der Waals surface area contributed by atoms with Crippen molar-refractivity contribution < 1.29 is 23.0 Å². The average Bonchev–Trinajstić information content (AvgIpc) is 2.80. The molecule has 2 saturated carbocycles. The minimum Gasteiger partial charge on any atom is -0.490 e. The molecular weight excluding hydrogens is 429 g/mol. The molecule has 2 aromatic carbocycles. The lowest BCUT2D eigenvalue weighted by Crippen LogP contribution is -2.19. The van der Waals surface area contributed by atoms with E-state index >= 15 is 0 Å². The van der Waals surface area contributed by atoms with Crippen molar-refractivity contribution >= 4 is 0 Å². The van der Waals surface area contributed by atoms with Gasteiger partial charge in [-0.1, -0.05) is 25.7 Å². The van der Waals surface area contributed by atoms with Gasteiger partial charge in [-0.15, -0.1) is 0 Å². The summed E-state index contributed by atoms with van der Waals surface area (Å²) in [5.41, 5.74) is 0.309. The molecule has 0 amide bonds. The first-order valence-corrected chi connectivity index (χ1v) is 11.3. The Balaban J connectivity index is 0.000000193. The third-order valence-electron chi connectivity index (χ3n) is 5.42. The zero-order valence-electron chi connectivity index (χ0n) is 18.6. The molecule has 1 N–H and O–H groups in total. The van der Waals surface area contributed by atoms with Crippen LogP contribution in [0.1, 0.15) is 75.3 Å². The number of aliphatic hydroxyl groups is 1. The average molecular weight is 459 g/mol. The predicted octanol–water partition coefficient (Wildman–Crippen LogP) is 6.56. The lowest BCUT2D eigenvalue weighted by Gasteiger charge is -2.23. The van der Waals surface area contributed by atoms with E-state index in [1.54, 1.807) is 12.1 Å². The second-order valence-corrected chi connectivity index (χ2v) is 8.23. The van der Waals surface area contributed by atoms with Crippen molar-refractivity contribution in [1.29, 1.82) is 10.5 Å². The molecule has 0 bridgehead atoms. The second-order valence-electron chi connectivity index (χ2n) is 8.23. The molecule has 0 spiro atoms. The Bertz CT molecular complexity index is 937. The van der Waals surface area contributed by atoms with Crippen LogP contribution in [0.5, 0.6) is 5.75 Å². The van der Waals surface area contributed by atoms with Crippen LogP contribution in [0.2, 0.25) is 0 Å². The van der Waals surface area contributed by atoms with E-state index in [0.717, 1.165) is 43.9 Å². The highest BCUT2D eigenvalue weighted by molar-refractivity contribution is 5.37. The van der Waals surface area contributed by atoms with Crippen molar-refractivity contribution in [3.05, 3.63) is 65.0 Å². The van der Waals surface area contributed by atoms with E-state index in [9.17, 15) is 13.2 Å². The van der Waals surface area contributed by atoms with Gasteiger partial charge in [-0.05, 0) is 62.8 Å². The van der Waals surface area contributed by atoms with Crippen molar-refractivity contribution in [2.75, 3.05) is 0 Å². The first-order chi connectivity index (χ1) is 15.9. The highest BCUT2D eigenvalue weighted by atomic mass is 19.1. The molecule has 0 aliphatic heterocycles. The number of ether oxygens (including phenoxy) is 1. The van der Waals surface area contributed by atoms with Crippen LogP contribution in [0, 0.1) is 40.1 Å². The predicted molar refractivity (Wildman–Crippen MR) is 119 cm³/mol. The van der Waals surface area contributed by atoms with Gasteiger partial charge in [0.1, 0.15) is 23.2 Å². The van der Waals surface area contributed by atoms with Crippen molar-refractivity contribution in [1.82, 2.24) is 0 Å². The number of hydrogen-bond donors (Lipinski definition) is 1. The van der Waals surface area contributed by atoms with Gasteiger partial charge in [-0.3, -0.25) is 0 Å². The monoisotopic (exact) mass is 458 g/mol. The van der Waals surface area contributed by atoms with Crippen molar-refractivity contribution in [3.8, 4) is 17.9 Å². The molecule has 4 rings (SSSR count). The highest BCUT2D eigenvalue weighted by Gasteiger charge is 2.15. The summed E-state index contributed by atoms with van der Waals surface area (Å²) < 4.78 is 43.3. The number of hydrogen-bond acceptors (Lipinski definition) is 4. The smallest absolute Gasteiger partial charge is 0.128 e. The van der Waals surface area contributed by atoms with Crippen LogP contribution in [0.3, 0.4) is 0 Å². The molecule has 2 aliphatic rings. The number of nitriles is 2. The molecule has 33 heavy (non-hydrogen) atoms. The fourth-order valence-electron chi connectivity index (χ4n) is 3.77. The van der Waals surface area contributed by atoms with Gasteiger partial charge in [-0.2, -0.15) is 10.5 Å². The first-order valence-electron chi connectivity index (χ1n) is 11.3. The number of benzene rings is 2. The van der Waals surface area contributed by atoms with E-state index in [0.29, 0.717) is 11.3 Å². The minimum absolute atomic E-state index is 0.00231. The molecule has 0 aromatic heterocycles. The van der Waals surface area contributed by atoms with Crippen molar-refractivity contribution in [3.63, 3.8) is 0 Å². The number of halogens is 3. The largest absolute Gasteiger partial charge is 0.490 e. The van der Waals surface area contributed by atoms with E-state index in [2.05, 4.69) is 0 Å². The number of aliphatic hydroxyl groups excluding tert-OH is 1. The topological polar surface area (TPSA) is 77.0 Å². The fourth-order valence-corrected chi connectivity index (χ4v) is 3.77. The van der Waals surface area contributed by atoms with E-state index in [1.807, 2.05) is 6.07 Å². The van der Waals surface area contributed by atoms with Gasteiger partial charge in [-0.25, -0.2) is 13.2 Å². The summed E-state index contributed by atoms with van der Waals surface area (Å²) in [5, 5.41) is 25.8. The molecule has 4 nitrogen and oxygen atoms in total. The Hall–Kier alpha value is -3.03. The van der Waals surface area contributed by atoms with Crippen molar-refractivity contribution in [2.45, 2.75) is 76.4 Å². The summed E-state index contributed by atoms with van der Waals surface area (Å²) in [6.45, 7) is 0. The Labute approximate surface area is 193 Å². The van der Waals surface area contributed by atoms with E-state index < -0.39 is 17.5 Å². The molecule has 176 valence electrons. The summed E-state index contributed by atoms with van der Waals surface area (Å²) in [4.78, 5) is 0. The Kier molecular flexibility index (Phi) is 11.3. The minimum atomic E-state index is -0.725. The first kappa shape index (κ1) is 26.2. The van der Waals surface area contributed by atoms with Gasteiger partial charge in [0.2, 0.25) is 0 Å². The summed E-state index contributed by atoms with van der Waals surface area (Å²) >= 11 is 0. The zero-order chi connectivity index (χ0) is 24.1. The Morgan fingerprint density at radius 2 is 1.12 bits per heavy atom. The van der Waals surface area contributed by atoms with Crippen LogP contribution in [0.15, 0.2) is 36.4 Å². The van der Waals surface area contributed by atoms with Gasteiger partial charge < -0.3 is 9.84 Å². The van der Waals surface area contributed by atoms with Gasteiger partial charge in [0.25, 0.3) is 0 Å². The highest BCUT2D eigenvalue weighted by Crippen LogP contribution is 2.24. The molecule has 0 heterocycles. The third kappa shape index (κ3) is 10.4. The summed E-state index contributed by atoms with van der Waals surface area (Å²) in [6.07, 6.45) is 11.8. The van der Waals surface area contributed by atoms with Gasteiger partial charge in [0.05, 0.1) is 35.5 Å². The SMILES string of the molecule is N#Cc1cc(F)cc(F)c1.N#Cc1cc(F)cc(OC2CCCCC2)c1.OC1CCCCC1. The summed E-state index contributed by atoms with van der Waals surface area (Å²) in [7, 11) is 0. The van der Waals surface area contributed by atoms with Crippen LogP contribution in [0.4, 0.5) is 13.2 Å². The molecule has 0 saturated heterocycles. The molecule has 2 aliphatic carbocycles. The lowest BCUT2D eigenvalue weighted by molar-refractivity contribution is 0.130. The molecule has 7 heteroatoms. The normalized spacial score (nSPS) is 16.2. The number of rotatable bonds is 2. The molecule has 0 radical (unpaired) electrons. The van der Waals surface area contributed by atoms with E-state index in [1.165, 1.54) is 50.7 Å². The number of nitrogens with zero attached hydrogens (tertiary/aromatic N) is 2. The second kappa shape index (κ2) is 14.2. The maximum atomic E-state index is 13.1. The summed E-state index contributed by atoms with van der Waals surface area (Å²) in [5.74, 6) is -1.39. The molecule has 0 atom stereocenters. The summed E-state index contributed by atoms with van der Waals surface area (Å²) in [6, 6.07) is 10.4. The third-order valence-corrected chi connectivity index (χ3v) is 5.42. The fraction of sp³-hybridized carbons (Fsp3) is 0.462. The Morgan fingerprint density at radius 3 is 1.58 bits per heavy atom.